The molecule has 0 radical (unpaired) electrons. The Morgan fingerprint density at radius 1 is 1.15 bits per heavy atom. The van der Waals surface area contributed by atoms with Crippen molar-refractivity contribution in [1.82, 2.24) is 0 Å². The highest BCUT2D eigenvalue weighted by molar-refractivity contribution is 9.10. The minimum Gasteiger partial charge on any atom is -0.456 e. The first-order chi connectivity index (χ1) is 9.27. The van der Waals surface area contributed by atoms with E-state index in [9.17, 15) is 8.42 Å². The van der Waals surface area contributed by atoms with Crippen LogP contribution < -0.4 is 9.88 Å². The first kappa shape index (κ1) is 15.3. The van der Waals surface area contributed by atoms with Crippen molar-refractivity contribution in [2.24, 2.45) is 5.14 Å². The number of ether oxygens (including phenoxy) is 1. The quantitative estimate of drug-likeness (QED) is 0.884. The van der Waals surface area contributed by atoms with Crippen LogP contribution >= 0.6 is 27.5 Å². The molecule has 106 valence electrons. The Morgan fingerprint density at radius 3 is 2.35 bits per heavy atom. The van der Waals surface area contributed by atoms with Crippen molar-refractivity contribution >= 4 is 37.6 Å². The van der Waals surface area contributed by atoms with Crippen LogP contribution in [0.1, 0.15) is 5.56 Å². The van der Waals surface area contributed by atoms with Crippen LogP contribution in [0, 0.1) is 6.92 Å². The second-order valence-electron chi connectivity index (χ2n) is 4.15. The van der Waals surface area contributed by atoms with E-state index in [0.29, 0.717) is 21.0 Å². The standard InChI is InChI=1S/C13H11BrClNO3S/c1-8-6-9(15)2-4-12(8)19-13-5-3-10(7-11(13)14)20(16,17)18/h2-7H,1H3,(H2,16,17,18). The summed E-state index contributed by atoms with van der Waals surface area (Å²) in [6.45, 7) is 1.87. The molecule has 0 amide bonds. The van der Waals surface area contributed by atoms with Gasteiger partial charge in [-0.1, -0.05) is 11.6 Å². The molecule has 0 aromatic heterocycles. The molecule has 4 nitrogen and oxygen atoms in total. The summed E-state index contributed by atoms with van der Waals surface area (Å²) in [5.41, 5.74) is 0.875. The highest BCUT2D eigenvalue weighted by atomic mass is 79.9. The van der Waals surface area contributed by atoms with Gasteiger partial charge in [0.1, 0.15) is 11.5 Å². The predicted octanol–water partition coefficient (Wildman–Crippen LogP) is 3.85. The Bertz CT molecular complexity index is 762. The number of sulfonamides is 1. The van der Waals surface area contributed by atoms with Crippen molar-refractivity contribution in [3.63, 3.8) is 0 Å². The highest BCUT2D eigenvalue weighted by Crippen LogP contribution is 2.33. The van der Waals surface area contributed by atoms with E-state index in [1.54, 1.807) is 18.2 Å². The van der Waals surface area contributed by atoms with Gasteiger partial charge < -0.3 is 4.74 Å². The van der Waals surface area contributed by atoms with Crippen LogP contribution in [0.2, 0.25) is 5.02 Å². The molecule has 0 atom stereocenters. The Hall–Kier alpha value is -1.08. The van der Waals surface area contributed by atoms with E-state index in [2.05, 4.69) is 15.9 Å². The Kier molecular flexibility index (Phi) is 4.39. The van der Waals surface area contributed by atoms with Crippen molar-refractivity contribution in [2.75, 3.05) is 0 Å². The van der Waals surface area contributed by atoms with Gasteiger partial charge in [0.25, 0.3) is 0 Å². The summed E-state index contributed by atoms with van der Waals surface area (Å²) in [6.07, 6.45) is 0. The van der Waals surface area contributed by atoms with E-state index in [1.165, 1.54) is 18.2 Å². The number of hydrogen-bond acceptors (Lipinski definition) is 3. The Morgan fingerprint density at radius 2 is 1.80 bits per heavy atom. The van der Waals surface area contributed by atoms with Gasteiger partial charge in [0.2, 0.25) is 10.0 Å². The summed E-state index contributed by atoms with van der Waals surface area (Å²) < 4.78 is 28.7. The number of aryl methyl sites for hydroxylation is 1. The lowest BCUT2D eigenvalue weighted by molar-refractivity contribution is 0.475. The minimum absolute atomic E-state index is 0.0181. The first-order valence-corrected chi connectivity index (χ1v) is 8.25. The second kappa shape index (κ2) is 5.73. The zero-order chi connectivity index (χ0) is 14.9. The number of nitrogens with two attached hydrogens (primary N) is 1. The zero-order valence-electron chi connectivity index (χ0n) is 10.4. The zero-order valence-corrected chi connectivity index (χ0v) is 13.6. The minimum atomic E-state index is -3.73. The molecule has 0 aliphatic rings. The molecular formula is C13H11BrClNO3S. The average molecular weight is 377 g/mol. The van der Waals surface area contributed by atoms with E-state index < -0.39 is 10.0 Å². The summed E-state index contributed by atoms with van der Waals surface area (Å²) in [5, 5.41) is 5.69. The van der Waals surface area contributed by atoms with E-state index in [4.69, 9.17) is 21.5 Å². The largest absolute Gasteiger partial charge is 0.456 e. The second-order valence-corrected chi connectivity index (χ2v) is 7.00. The summed E-state index contributed by atoms with van der Waals surface area (Å²) in [5.74, 6) is 1.13. The summed E-state index contributed by atoms with van der Waals surface area (Å²) >= 11 is 9.14. The van der Waals surface area contributed by atoms with Crippen LogP contribution in [-0.4, -0.2) is 8.42 Å². The van der Waals surface area contributed by atoms with Gasteiger partial charge in [-0.15, -0.1) is 0 Å². The van der Waals surface area contributed by atoms with Crippen LogP contribution in [0.4, 0.5) is 0 Å². The fraction of sp³-hybridized carbons (Fsp3) is 0.0769. The lowest BCUT2D eigenvalue weighted by Gasteiger charge is -2.11. The Balaban J connectivity index is 2.35. The SMILES string of the molecule is Cc1cc(Cl)ccc1Oc1ccc(S(N)(=O)=O)cc1Br. The van der Waals surface area contributed by atoms with Gasteiger partial charge in [0, 0.05) is 5.02 Å². The van der Waals surface area contributed by atoms with Gasteiger partial charge in [-0.25, -0.2) is 13.6 Å². The third-order valence-corrected chi connectivity index (χ3v) is 4.35. The van der Waals surface area contributed by atoms with Gasteiger partial charge in [0.05, 0.1) is 9.37 Å². The fourth-order valence-electron chi connectivity index (χ4n) is 1.59. The predicted molar refractivity (Wildman–Crippen MR) is 81.8 cm³/mol. The molecule has 2 N–H and O–H groups in total. The van der Waals surface area contributed by atoms with Crippen LogP contribution in [0.25, 0.3) is 0 Å². The summed E-state index contributed by atoms with van der Waals surface area (Å²) in [4.78, 5) is 0.0181. The molecule has 0 saturated carbocycles. The smallest absolute Gasteiger partial charge is 0.238 e. The molecule has 0 spiro atoms. The molecule has 0 heterocycles. The molecule has 0 saturated heterocycles. The van der Waals surface area contributed by atoms with Crippen molar-refractivity contribution < 1.29 is 13.2 Å². The van der Waals surface area contributed by atoms with Gasteiger partial charge in [0.15, 0.2) is 0 Å². The number of benzene rings is 2. The van der Waals surface area contributed by atoms with Gasteiger partial charge in [-0.05, 0) is 64.8 Å². The number of hydrogen-bond donors (Lipinski definition) is 1. The van der Waals surface area contributed by atoms with Crippen molar-refractivity contribution in [2.45, 2.75) is 11.8 Å². The first-order valence-electron chi connectivity index (χ1n) is 5.54. The fourth-order valence-corrected chi connectivity index (χ4v) is 2.96. The van der Waals surface area contributed by atoms with Crippen molar-refractivity contribution in [3.8, 4) is 11.5 Å². The van der Waals surface area contributed by atoms with E-state index in [0.717, 1.165) is 5.56 Å². The van der Waals surface area contributed by atoms with Crippen LogP contribution in [0.3, 0.4) is 0 Å². The molecule has 0 aliphatic heterocycles. The number of primary sulfonamides is 1. The van der Waals surface area contributed by atoms with E-state index in [-0.39, 0.29) is 4.90 Å². The highest BCUT2D eigenvalue weighted by Gasteiger charge is 2.12. The lowest BCUT2D eigenvalue weighted by Crippen LogP contribution is -2.11. The molecule has 2 aromatic carbocycles. The number of halogens is 2. The maximum atomic E-state index is 11.2. The average Bonchev–Trinajstić information content (AvgIpc) is 2.33. The molecule has 2 rings (SSSR count). The van der Waals surface area contributed by atoms with E-state index in [1.807, 2.05) is 6.92 Å². The third-order valence-electron chi connectivity index (χ3n) is 2.59. The van der Waals surface area contributed by atoms with Gasteiger partial charge in [-0.2, -0.15) is 0 Å². The van der Waals surface area contributed by atoms with Gasteiger partial charge in [-0.3, -0.25) is 0 Å². The van der Waals surface area contributed by atoms with Gasteiger partial charge >= 0.3 is 0 Å². The molecule has 0 fully saturated rings. The monoisotopic (exact) mass is 375 g/mol. The Labute approximate surface area is 130 Å². The molecule has 7 heteroatoms. The topological polar surface area (TPSA) is 69.4 Å². The van der Waals surface area contributed by atoms with Crippen LogP contribution in [0.15, 0.2) is 45.8 Å². The number of rotatable bonds is 3. The van der Waals surface area contributed by atoms with E-state index >= 15 is 0 Å². The summed E-state index contributed by atoms with van der Waals surface area (Å²) in [6, 6.07) is 9.58. The maximum Gasteiger partial charge on any atom is 0.238 e. The normalized spacial score (nSPS) is 11.4. The van der Waals surface area contributed by atoms with Crippen molar-refractivity contribution in [1.29, 1.82) is 0 Å². The van der Waals surface area contributed by atoms with Crippen molar-refractivity contribution in [3.05, 3.63) is 51.5 Å². The molecule has 0 bridgehead atoms. The molecule has 0 aliphatic carbocycles. The third kappa shape index (κ3) is 3.52. The molecule has 2 aromatic rings. The lowest BCUT2D eigenvalue weighted by atomic mass is 10.2. The van der Waals surface area contributed by atoms with Crippen LogP contribution in [0.5, 0.6) is 11.5 Å². The summed E-state index contributed by atoms with van der Waals surface area (Å²) in [7, 11) is -3.73. The molecule has 0 unspecified atom stereocenters. The maximum absolute atomic E-state index is 11.2. The molecule has 20 heavy (non-hydrogen) atoms. The molecular weight excluding hydrogens is 366 g/mol. The van der Waals surface area contributed by atoms with Crippen LogP contribution in [-0.2, 0) is 10.0 Å².